The van der Waals surface area contributed by atoms with E-state index in [4.69, 9.17) is 5.73 Å². The van der Waals surface area contributed by atoms with E-state index < -0.39 is 21.5 Å². The average molecular weight is 271 g/mol. The first-order valence-electron chi connectivity index (χ1n) is 5.31. The summed E-state index contributed by atoms with van der Waals surface area (Å²) in [4.78, 5) is 11.3. The predicted octanol–water partition coefficient (Wildman–Crippen LogP) is 0.270. The summed E-state index contributed by atoms with van der Waals surface area (Å²) < 4.78 is 25.8. The molecule has 4 N–H and O–H groups in total. The molecule has 0 unspecified atom stereocenters. The number of hydrogen-bond acceptors (Lipinski definition) is 4. The van der Waals surface area contributed by atoms with E-state index in [0.717, 1.165) is 0 Å². The summed E-state index contributed by atoms with van der Waals surface area (Å²) in [5, 5.41) is 2.83. The Hall–Kier alpha value is -1.60. The summed E-state index contributed by atoms with van der Waals surface area (Å²) in [5.74, 6) is -0.570. The number of carbonyl (C=O) groups is 1. The second kappa shape index (κ2) is 4.95. The van der Waals surface area contributed by atoms with Crippen LogP contribution in [0.4, 0.5) is 5.69 Å². The molecule has 0 aromatic heterocycles. The number of nitrogens with two attached hydrogens (primary N) is 1. The van der Waals surface area contributed by atoms with E-state index in [1.807, 2.05) is 0 Å². The van der Waals surface area contributed by atoms with Crippen LogP contribution in [0.2, 0.25) is 0 Å². The van der Waals surface area contributed by atoms with Crippen LogP contribution >= 0.6 is 0 Å². The van der Waals surface area contributed by atoms with Crippen molar-refractivity contribution in [3.63, 3.8) is 0 Å². The molecule has 0 spiro atoms. The number of hydrogen-bond donors (Lipinski definition) is 3. The predicted molar refractivity (Wildman–Crippen MR) is 69.6 cm³/mol. The number of benzene rings is 1. The van der Waals surface area contributed by atoms with Crippen molar-refractivity contribution in [3.8, 4) is 0 Å². The van der Waals surface area contributed by atoms with Gasteiger partial charge in [-0.1, -0.05) is 12.1 Å². The van der Waals surface area contributed by atoms with Gasteiger partial charge >= 0.3 is 0 Å². The van der Waals surface area contributed by atoms with Gasteiger partial charge in [0.2, 0.25) is 15.9 Å². The zero-order valence-corrected chi connectivity index (χ0v) is 11.3. The molecule has 0 bridgehead atoms. The first-order chi connectivity index (χ1) is 8.20. The lowest BCUT2D eigenvalue weighted by molar-refractivity contribution is -0.121. The Kier molecular flexibility index (Phi) is 3.98. The number of amides is 1. The third kappa shape index (κ3) is 2.99. The van der Waals surface area contributed by atoms with Crippen LogP contribution in [0, 0.1) is 0 Å². The quantitative estimate of drug-likeness (QED) is 0.715. The largest absolute Gasteiger partial charge is 0.371 e. The van der Waals surface area contributed by atoms with Gasteiger partial charge < -0.3 is 11.1 Å². The van der Waals surface area contributed by atoms with Crippen LogP contribution in [0.1, 0.15) is 13.8 Å². The Balaban J connectivity index is 3.24. The van der Waals surface area contributed by atoms with Crippen LogP contribution in [0.15, 0.2) is 29.2 Å². The molecular weight excluding hydrogens is 254 g/mol. The number of carbonyl (C=O) groups excluding carboxylic acids is 1. The van der Waals surface area contributed by atoms with E-state index in [1.165, 1.54) is 13.1 Å². The second-order valence-corrected chi connectivity index (χ2v) is 6.17. The van der Waals surface area contributed by atoms with Gasteiger partial charge in [0.25, 0.3) is 0 Å². The first-order valence-corrected chi connectivity index (χ1v) is 6.79. The number of para-hydroxylation sites is 1. The number of rotatable bonds is 5. The molecule has 0 aliphatic heterocycles. The molecule has 0 aliphatic carbocycles. The van der Waals surface area contributed by atoms with Gasteiger partial charge in [0, 0.05) is 0 Å². The van der Waals surface area contributed by atoms with Crippen molar-refractivity contribution in [3.05, 3.63) is 24.3 Å². The molecule has 6 nitrogen and oxygen atoms in total. The smallest absolute Gasteiger partial charge is 0.242 e. The summed E-state index contributed by atoms with van der Waals surface area (Å²) >= 11 is 0. The summed E-state index contributed by atoms with van der Waals surface area (Å²) in [5.41, 5.74) is 4.53. The minimum Gasteiger partial charge on any atom is -0.371 e. The highest BCUT2D eigenvalue weighted by atomic mass is 32.2. The maximum atomic E-state index is 11.8. The molecule has 0 fully saturated rings. The first kappa shape index (κ1) is 14.5. The summed E-state index contributed by atoms with van der Waals surface area (Å²) in [6.07, 6.45) is 0. The molecular formula is C11H17N3O3S. The van der Waals surface area contributed by atoms with Gasteiger partial charge in [-0.15, -0.1) is 0 Å². The SMILES string of the molecule is CNS(=O)(=O)c1ccccc1NC(C)(C)C(N)=O. The molecule has 7 heteroatoms. The highest BCUT2D eigenvalue weighted by molar-refractivity contribution is 7.89. The van der Waals surface area contributed by atoms with Gasteiger partial charge in [-0.25, -0.2) is 13.1 Å². The Morgan fingerprint density at radius 3 is 2.33 bits per heavy atom. The van der Waals surface area contributed by atoms with E-state index in [-0.39, 0.29) is 4.90 Å². The van der Waals surface area contributed by atoms with Gasteiger partial charge in [-0.2, -0.15) is 0 Å². The van der Waals surface area contributed by atoms with Crippen LogP contribution in [-0.4, -0.2) is 26.9 Å². The van der Waals surface area contributed by atoms with Crippen LogP contribution < -0.4 is 15.8 Å². The van der Waals surface area contributed by atoms with Crippen molar-refractivity contribution >= 4 is 21.6 Å². The van der Waals surface area contributed by atoms with Crippen molar-refractivity contribution in [2.24, 2.45) is 5.73 Å². The van der Waals surface area contributed by atoms with Gasteiger partial charge in [0.05, 0.1) is 5.69 Å². The van der Waals surface area contributed by atoms with Crippen molar-refractivity contribution in [2.45, 2.75) is 24.3 Å². The maximum absolute atomic E-state index is 11.8. The number of primary amides is 1. The van der Waals surface area contributed by atoms with E-state index in [0.29, 0.717) is 5.69 Å². The molecule has 0 saturated heterocycles. The van der Waals surface area contributed by atoms with Gasteiger partial charge in [-0.3, -0.25) is 4.79 Å². The fourth-order valence-electron chi connectivity index (χ4n) is 1.31. The van der Waals surface area contributed by atoms with Crippen molar-refractivity contribution < 1.29 is 13.2 Å². The summed E-state index contributed by atoms with van der Waals surface area (Å²) in [7, 11) is -2.27. The fourth-order valence-corrected chi connectivity index (χ4v) is 2.20. The highest BCUT2D eigenvalue weighted by Crippen LogP contribution is 2.23. The molecule has 1 aromatic carbocycles. The molecule has 0 atom stereocenters. The molecule has 0 aliphatic rings. The number of anilines is 1. The Morgan fingerprint density at radius 1 is 1.28 bits per heavy atom. The molecule has 18 heavy (non-hydrogen) atoms. The molecule has 0 heterocycles. The molecule has 1 rings (SSSR count). The summed E-state index contributed by atoms with van der Waals surface area (Å²) in [6.45, 7) is 3.16. The second-order valence-electron chi connectivity index (χ2n) is 4.32. The van der Waals surface area contributed by atoms with Gasteiger partial charge in [0.1, 0.15) is 10.4 Å². The van der Waals surface area contributed by atoms with Crippen LogP contribution in [0.25, 0.3) is 0 Å². The number of nitrogens with one attached hydrogen (secondary N) is 2. The summed E-state index contributed by atoms with van der Waals surface area (Å²) in [6, 6.07) is 6.31. The molecule has 0 radical (unpaired) electrons. The van der Waals surface area contributed by atoms with E-state index in [1.54, 1.807) is 32.0 Å². The van der Waals surface area contributed by atoms with Crippen molar-refractivity contribution in [1.29, 1.82) is 0 Å². The Morgan fingerprint density at radius 2 is 1.83 bits per heavy atom. The minimum absolute atomic E-state index is 0.0711. The Bertz CT molecular complexity index is 552. The van der Waals surface area contributed by atoms with E-state index >= 15 is 0 Å². The standard InChI is InChI=1S/C11H17N3O3S/c1-11(2,10(12)15)14-8-6-4-5-7-9(8)18(16,17)13-3/h4-7,13-14H,1-3H3,(H2,12,15). The van der Waals surface area contributed by atoms with Crippen LogP contribution in [-0.2, 0) is 14.8 Å². The minimum atomic E-state index is -3.59. The molecule has 1 aromatic rings. The average Bonchev–Trinajstić information content (AvgIpc) is 2.29. The fraction of sp³-hybridized carbons (Fsp3) is 0.364. The normalized spacial score (nSPS) is 12.2. The Labute approximate surface area is 107 Å². The maximum Gasteiger partial charge on any atom is 0.242 e. The van der Waals surface area contributed by atoms with Crippen molar-refractivity contribution in [2.75, 3.05) is 12.4 Å². The van der Waals surface area contributed by atoms with Gasteiger partial charge in [-0.05, 0) is 33.0 Å². The molecule has 100 valence electrons. The van der Waals surface area contributed by atoms with E-state index in [2.05, 4.69) is 10.0 Å². The third-order valence-electron chi connectivity index (χ3n) is 2.51. The monoisotopic (exact) mass is 271 g/mol. The van der Waals surface area contributed by atoms with Gasteiger partial charge in [0.15, 0.2) is 0 Å². The van der Waals surface area contributed by atoms with Crippen LogP contribution in [0.3, 0.4) is 0 Å². The zero-order chi connectivity index (χ0) is 14.0. The topological polar surface area (TPSA) is 101 Å². The van der Waals surface area contributed by atoms with Crippen molar-refractivity contribution in [1.82, 2.24) is 4.72 Å². The lowest BCUT2D eigenvalue weighted by Gasteiger charge is -2.25. The lowest BCUT2D eigenvalue weighted by Crippen LogP contribution is -2.45. The lowest BCUT2D eigenvalue weighted by atomic mass is 10.0. The van der Waals surface area contributed by atoms with Crippen LogP contribution in [0.5, 0.6) is 0 Å². The zero-order valence-electron chi connectivity index (χ0n) is 10.5. The molecule has 0 saturated carbocycles. The molecule has 1 amide bonds. The number of sulfonamides is 1. The third-order valence-corrected chi connectivity index (χ3v) is 3.98. The van der Waals surface area contributed by atoms with E-state index in [9.17, 15) is 13.2 Å². The highest BCUT2D eigenvalue weighted by Gasteiger charge is 2.27.